The second kappa shape index (κ2) is 4.94. The van der Waals surface area contributed by atoms with Crippen molar-refractivity contribution in [3.05, 3.63) is 0 Å². The van der Waals surface area contributed by atoms with Crippen LogP contribution in [0.25, 0.3) is 0 Å². The van der Waals surface area contributed by atoms with Gasteiger partial charge in [-0.25, -0.2) is 0 Å². The first-order chi connectivity index (χ1) is 6.87. The normalized spacial score (nSPS) is 27.5. The molecule has 1 fully saturated rings. The standard InChI is InChI=1S/C11H20O4/c1-8-13-6-5-9(14-8)7-10(12)15-11(2,3)4/h8-9H,5-7H2,1-4H3. The van der Waals surface area contributed by atoms with Crippen LogP contribution in [0.15, 0.2) is 0 Å². The summed E-state index contributed by atoms with van der Waals surface area (Å²) in [6.07, 6.45) is 0.781. The third kappa shape index (κ3) is 5.14. The highest BCUT2D eigenvalue weighted by molar-refractivity contribution is 5.70. The zero-order chi connectivity index (χ0) is 11.5. The first-order valence-corrected chi connectivity index (χ1v) is 5.36. The van der Waals surface area contributed by atoms with Gasteiger partial charge in [0.2, 0.25) is 0 Å². The van der Waals surface area contributed by atoms with Crippen LogP contribution in [0.5, 0.6) is 0 Å². The van der Waals surface area contributed by atoms with Gasteiger partial charge in [-0.15, -0.1) is 0 Å². The van der Waals surface area contributed by atoms with Crippen LogP contribution in [0.4, 0.5) is 0 Å². The Morgan fingerprint density at radius 1 is 1.47 bits per heavy atom. The maximum atomic E-state index is 11.5. The molecule has 0 saturated carbocycles. The average Bonchev–Trinajstić information content (AvgIpc) is 1.99. The Bertz CT molecular complexity index is 219. The van der Waals surface area contributed by atoms with Gasteiger partial charge in [-0.3, -0.25) is 4.79 Å². The van der Waals surface area contributed by atoms with E-state index in [0.29, 0.717) is 13.0 Å². The molecule has 1 aliphatic heterocycles. The first-order valence-electron chi connectivity index (χ1n) is 5.36. The summed E-state index contributed by atoms with van der Waals surface area (Å²) in [6, 6.07) is 0. The smallest absolute Gasteiger partial charge is 0.308 e. The maximum Gasteiger partial charge on any atom is 0.308 e. The van der Waals surface area contributed by atoms with Crippen LogP contribution in [0.2, 0.25) is 0 Å². The lowest BCUT2D eigenvalue weighted by atomic mass is 10.1. The minimum absolute atomic E-state index is 0.0661. The van der Waals surface area contributed by atoms with Crippen molar-refractivity contribution in [2.75, 3.05) is 6.61 Å². The molecule has 0 aromatic carbocycles. The Hall–Kier alpha value is -0.610. The zero-order valence-corrected chi connectivity index (χ0v) is 9.91. The van der Waals surface area contributed by atoms with Crippen LogP contribution in [0.1, 0.15) is 40.5 Å². The van der Waals surface area contributed by atoms with E-state index in [0.717, 1.165) is 6.42 Å². The fourth-order valence-corrected chi connectivity index (χ4v) is 1.46. The Balaban J connectivity index is 2.31. The number of rotatable bonds is 2. The summed E-state index contributed by atoms with van der Waals surface area (Å²) >= 11 is 0. The van der Waals surface area contributed by atoms with E-state index in [2.05, 4.69) is 0 Å². The summed E-state index contributed by atoms with van der Waals surface area (Å²) < 4.78 is 15.9. The molecule has 0 N–H and O–H groups in total. The summed E-state index contributed by atoms with van der Waals surface area (Å²) in [6.45, 7) is 8.06. The van der Waals surface area contributed by atoms with Gasteiger partial charge in [0.25, 0.3) is 0 Å². The van der Waals surface area contributed by atoms with Crippen molar-refractivity contribution >= 4 is 5.97 Å². The molecule has 15 heavy (non-hydrogen) atoms. The molecule has 1 heterocycles. The fraction of sp³-hybridized carbons (Fsp3) is 0.909. The summed E-state index contributed by atoms with van der Waals surface area (Å²) in [5.74, 6) is -0.207. The fourth-order valence-electron chi connectivity index (χ4n) is 1.46. The molecule has 0 aromatic rings. The predicted octanol–water partition coefficient (Wildman–Crippen LogP) is 1.87. The quantitative estimate of drug-likeness (QED) is 0.661. The topological polar surface area (TPSA) is 44.8 Å². The lowest BCUT2D eigenvalue weighted by Crippen LogP contribution is -2.34. The number of carbonyl (C=O) groups is 1. The van der Waals surface area contributed by atoms with E-state index in [1.54, 1.807) is 0 Å². The van der Waals surface area contributed by atoms with E-state index >= 15 is 0 Å². The molecule has 4 heteroatoms. The average molecular weight is 216 g/mol. The Morgan fingerprint density at radius 2 is 2.13 bits per heavy atom. The van der Waals surface area contributed by atoms with E-state index in [9.17, 15) is 4.79 Å². The Morgan fingerprint density at radius 3 is 2.67 bits per heavy atom. The van der Waals surface area contributed by atoms with Crippen molar-refractivity contribution in [2.45, 2.75) is 58.5 Å². The van der Waals surface area contributed by atoms with E-state index in [1.165, 1.54) is 0 Å². The van der Waals surface area contributed by atoms with Crippen LogP contribution >= 0.6 is 0 Å². The molecule has 1 aliphatic rings. The molecule has 0 aromatic heterocycles. The molecule has 0 spiro atoms. The number of ether oxygens (including phenoxy) is 3. The highest BCUT2D eigenvalue weighted by atomic mass is 16.7. The SMILES string of the molecule is CC1OCCC(CC(=O)OC(C)(C)C)O1. The lowest BCUT2D eigenvalue weighted by Gasteiger charge is -2.28. The number of carbonyl (C=O) groups excluding carboxylic acids is 1. The molecule has 2 unspecified atom stereocenters. The second-order valence-electron chi connectivity index (χ2n) is 4.78. The van der Waals surface area contributed by atoms with Crippen molar-refractivity contribution in [2.24, 2.45) is 0 Å². The molecule has 0 bridgehead atoms. The first kappa shape index (κ1) is 12.5. The summed E-state index contributed by atoms with van der Waals surface area (Å²) in [7, 11) is 0. The molecule has 0 aliphatic carbocycles. The van der Waals surface area contributed by atoms with Crippen LogP contribution in [0, 0.1) is 0 Å². The maximum absolute atomic E-state index is 11.5. The van der Waals surface area contributed by atoms with Gasteiger partial charge in [0.1, 0.15) is 5.60 Å². The minimum Gasteiger partial charge on any atom is -0.460 e. The molecule has 0 radical (unpaired) electrons. The van der Waals surface area contributed by atoms with Crippen molar-refractivity contribution in [3.63, 3.8) is 0 Å². The van der Waals surface area contributed by atoms with E-state index in [1.807, 2.05) is 27.7 Å². The zero-order valence-electron chi connectivity index (χ0n) is 9.91. The van der Waals surface area contributed by atoms with Gasteiger partial charge in [0.15, 0.2) is 6.29 Å². The molecule has 1 rings (SSSR count). The van der Waals surface area contributed by atoms with Gasteiger partial charge < -0.3 is 14.2 Å². The van der Waals surface area contributed by atoms with Crippen LogP contribution in [-0.2, 0) is 19.0 Å². The van der Waals surface area contributed by atoms with Crippen LogP contribution < -0.4 is 0 Å². The molecular formula is C11H20O4. The van der Waals surface area contributed by atoms with Crippen LogP contribution in [-0.4, -0.2) is 30.6 Å². The van der Waals surface area contributed by atoms with E-state index in [-0.39, 0.29) is 18.4 Å². The van der Waals surface area contributed by atoms with E-state index in [4.69, 9.17) is 14.2 Å². The summed E-state index contributed by atoms with van der Waals surface area (Å²) in [4.78, 5) is 11.5. The van der Waals surface area contributed by atoms with Gasteiger partial charge in [-0.05, 0) is 34.1 Å². The summed E-state index contributed by atoms with van der Waals surface area (Å²) in [5.41, 5.74) is -0.423. The highest BCUT2D eigenvalue weighted by Crippen LogP contribution is 2.17. The third-order valence-electron chi connectivity index (χ3n) is 1.99. The second-order valence-corrected chi connectivity index (χ2v) is 4.78. The van der Waals surface area contributed by atoms with Crippen LogP contribution in [0.3, 0.4) is 0 Å². The summed E-state index contributed by atoms with van der Waals surface area (Å²) in [5, 5.41) is 0. The van der Waals surface area contributed by atoms with Gasteiger partial charge in [-0.1, -0.05) is 0 Å². The molecule has 1 saturated heterocycles. The molecule has 0 amide bonds. The monoisotopic (exact) mass is 216 g/mol. The van der Waals surface area contributed by atoms with Crippen molar-refractivity contribution in [1.29, 1.82) is 0 Å². The lowest BCUT2D eigenvalue weighted by molar-refractivity contribution is -0.208. The van der Waals surface area contributed by atoms with E-state index < -0.39 is 5.60 Å². The van der Waals surface area contributed by atoms with Gasteiger partial charge >= 0.3 is 5.97 Å². The number of esters is 1. The number of hydrogen-bond acceptors (Lipinski definition) is 4. The third-order valence-corrected chi connectivity index (χ3v) is 1.99. The Labute approximate surface area is 90.9 Å². The van der Waals surface area contributed by atoms with Gasteiger partial charge in [-0.2, -0.15) is 0 Å². The van der Waals surface area contributed by atoms with Crippen molar-refractivity contribution in [3.8, 4) is 0 Å². The predicted molar refractivity (Wildman–Crippen MR) is 55.4 cm³/mol. The molecular weight excluding hydrogens is 196 g/mol. The molecule has 4 nitrogen and oxygen atoms in total. The largest absolute Gasteiger partial charge is 0.460 e. The molecule has 2 atom stereocenters. The molecule has 88 valence electrons. The van der Waals surface area contributed by atoms with Gasteiger partial charge in [0, 0.05) is 0 Å². The number of hydrogen-bond donors (Lipinski definition) is 0. The van der Waals surface area contributed by atoms with Crippen molar-refractivity contribution < 1.29 is 19.0 Å². The minimum atomic E-state index is -0.423. The van der Waals surface area contributed by atoms with Crippen molar-refractivity contribution in [1.82, 2.24) is 0 Å². The highest BCUT2D eigenvalue weighted by Gasteiger charge is 2.25. The van der Waals surface area contributed by atoms with Gasteiger partial charge in [0.05, 0.1) is 19.1 Å². The Kier molecular flexibility index (Phi) is 4.11.